The summed E-state index contributed by atoms with van der Waals surface area (Å²) in [5.74, 6) is 0.757. The molecule has 28 heavy (non-hydrogen) atoms. The first-order chi connectivity index (χ1) is 13.5. The van der Waals surface area contributed by atoms with Crippen LogP contribution in [0.25, 0.3) is 11.0 Å². The quantitative estimate of drug-likeness (QED) is 0.574. The molecule has 1 saturated heterocycles. The zero-order valence-electron chi connectivity index (χ0n) is 16.2. The van der Waals surface area contributed by atoms with E-state index < -0.39 is 0 Å². The maximum atomic E-state index is 11.9. The van der Waals surface area contributed by atoms with Crippen molar-refractivity contribution in [2.45, 2.75) is 39.3 Å². The van der Waals surface area contributed by atoms with Crippen molar-refractivity contribution in [3.05, 3.63) is 74.6 Å². The monoisotopic (exact) mass is 397 g/mol. The number of benzene rings is 2. The van der Waals surface area contributed by atoms with Gasteiger partial charge in [-0.15, -0.1) is 0 Å². The average molecular weight is 398 g/mol. The van der Waals surface area contributed by atoms with Gasteiger partial charge in [0.05, 0.1) is 0 Å². The molecule has 4 rings (SSSR count). The molecule has 1 aliphatic heterocycles. The highest BCUT2D eigenvalue weighted by Crippen LogP contribution is 2.26. The van der Waals surface area contributed by atoms with Crippen molar-refractivity contribution in [2.24, 2.45) is 0 Å². The molecule has 0 aliphatic carbocycles. The Morgan fingerprint density at radius 3 is 2.64 bits per heavy atom. The Bertz CT molecular complexity index is 1050. The van der Waals surface area contributed by atoms with E-state index in [0.717, 1.165) is 54.2 Å². The predicted octanol–water partition coefficient (Wildman–Crippen LogP) is 5.11. The lowest BCUT2D eigenvalue weighted by molar-refractivity contribution is 0.0968. The second-order valence-corrected chi connectivity index (χ2v) is 7.96. The maximum absolute atomic E-state index is 11.9. The van der Waals surface area contributed by atoms with Gasteiger partial charge in [0.2, 0.25) is 0 Å². The fourth-order valence-corrected chi connectivity index (χ4v) is 3.99. The maximum Gasteiger partial charge on any atom is 0.339 e. The van der Waals surface area contributed by atoms with Crippen molar-refractivity contribution >= 4 is 22.6 Å². The number of halogens is 1. The number of piperidine rings is 1. The van der Waals surface area contributed by atoms with Crippen LogP contribution in [-0.4, -0.2) is 24.1 Å². The summed E-state index contributed by atoms with van der Waals surface area (Å²) in [6.07, 6.45) is 2.11. The fourth-order valence-electron chi connectivity index (χ4n) is 3.77. The molecule has 0 saturated carbocycles. The van der Waals surface area contributed by atoms with Crippen LogP contribution in [0.15, 0.2) is 51.7 Å². The Balaban J connectivity index is 1.39. The van der Waals surface area contributed by atoms with Crippen LogP contribution in [0.3, 0.4) is 0 Å². The zero-order valence-corrected chi connectivity index (χ0v) is 17.0. The third-order valence-corrected chi connectivity index (χ3v) is 5.80. The Kier molecular flexibility index (Phi) is 5.42. The molecule has 0 spiro atoms. The summed E-state index contributed by atoms with van der Waals surface area (Å²) in [5.41, 5.74) is 3.17. The van der Waals surface area contributed by atoms with E-state index in [1.807, 2.05) is 43.3 Å². The van der Waals surface area contributed by atoms with Crippen molar-refractivity contribution in [1.29, 1.82) is 0 Å². The fraction of sp³-hybridized carbons (Fsp3) is 0.348. The van der Waals surface area contributed by atoms with Gasteiger partial charge < -0.3 is 9.15 Å². The van der Waals surface area contributed by atoms with Crippen LogP contribution in [0.2, 0.25) is 5.02 Å². The number of hydrogen-bond acceptors (Lipinski definition) is 4. The van der Waals surface area contributed by atoms with Crippen molar-refractivity contribution in [2.75, 3.05) is 13.1 Å². The minimum atomic E-state index is -0.281. The molecule has 0 radical (unpaired) electrons. The van der Waals surface area contributed by atoms with Crippen LogP contribution in [0.4, 0.5) is 0 Å². The van der Waals surface area contributed by atoms with Gasteiger partial charge in [-0.3, -0.25) is 4.90 Å². The Morgan fingerprint density at radius 1 is 1.11 bits per heavy atom. The molecular weight excluding hydrogens is 374 g/mol. The van der Waals surface area contributed by atoms with Crippen molar-refractivity contribution in [1.82, 2.24) is 4.90 Å². The minimum Gasteiger partial charge on any atom is -0.490 e. The first kappa shape index (κ1) is 19.0. The van der Waals surface area contributed by atoms with Gasteiger partial charge in [-0.05, 0) is 62.1 Å². The number of hydrogen-bond donors (Lipinski definition) is 0. The Labute approximate surface area is 169 Å². The number of ether oxygens (including phenoxy) is 1. The van der Waals surface area contributed by atoms with Crippen LogP contribution in [0.1, 0.15) is 29.5 Å². The second-order valence-electron chi connectivity index (χ2n) is 7.52. The third kappa shape index (κ3) is 4.08. The summed E-state index contributed by atoms with van der Waals surface area (Å²) in [7, 11) is 0. The van der Waals surface area contributed by atoms with E-state index in [2.05, 4.69) is 11.0 Å². The first-order valence-corrected chi connectivity index (χ1v) is 10.0. The van der Waals surface area contributed by atoms with Gasteiger partial charge >= 0.3 is 5.63 Å². The average Bonchev–Trinajstić information content (AvgIpc) is 2.68. The van der Waals surface area contributed by atoms with Crippen molar-refractivity contribution in [3.63, 3.8) is 0 Å². The van der Waals surface area contributed by atoms with E-state index in [1.165, 1.54) is 5.56 Å². The summed E-state index contributed by atoms with van der Waals surface area (Å²) < 4.78 is 11.6. The van der Waals surface area contributed by atoms with Gasteiger partial charge in [0.15, 0.2) is 0 Å². The Morgan fingerprint density at radius 2 is 1.89 bits per heavy atom. The van der Waals surface area contributed by atoms with E-state index in [9.17, 15) is 4.79 Å². The molecule has 1 fully saturated rings. The topological polar surface area (TPSA) is 42.7 Å². The molecule has 2 aromatic carbocycles. The molecule has 5 heteroatoms. The lowest BCUT2D eigenvalue weighted by Crippen LogP contribution is -2.37. The lowest BCUT2D eigenvalue weighted by atomic mass is 10.1. The number of likely N-dealkylation sites (tertiary alicyclic amines) is 1. The Hall–Kier alpha value is -2.30. The number of rotatable bonds is 4. The first-order valence-electron chi connectivity index (χ1n) is 9.67. The molecule has 3 aromatic rings. The number of nitrogens with zero attached hydrogens (tertiary/aromatic N) is 1. The summed E-state index contributed by atoms with van der Waals surface area (Å²) >= 11 is 6.08. The van der Waals surface area contributed by atoms with E-state index >= 15 is 0 Å². The van der Waals surface area contributed by atoms with Crippen molar-refractivity contribution < 1.29 is 9.15 Å². The largest absolute Gasteiger partial charge is 0.490 e. The number of aryl methyl sites for hydroxylation is 1. The van der Waals surface area contributed by atoms with Gasteiger partial charge in [0.25, 0.3) is 0 Å². The summed E-state index contributed by atoms with van der Waals surface area (Å²) in [5, 5.41) is 1.74. The minimum absolute atomic E-state index is 0.173. The molecule has 0 atom stereocenters. The lowest BCUT2D eigenvalue weighted by Gasteiger charge is -2.32. The predicted molar refractivity (Wildman–Crippen MR) is 112 cm³/mol. The standard InChI is InChI=1S/C23H24ClNO3/c1-15-16(2)23(26)28-22-13-20(6-7-21(15)22)27-19-8-10-25(11-9-19)14-17-4-3-5-18(24)12-17/h3-7,12-13,19H,8-11,14H2,1-2H3. The van der Waals surface area contributed by atoms with E-state index in [-0.39, 0.29) is 11.7 Å². The summed E-state index contributed by atoms with van der Waals surface area (Å²) in [6.45, 7) is 6.62. The van der Waals surface area contributed by atoms with Crippen molar-refractivity contribution in [3.8, 4) is 5.75 Å². The van der Waals surface area contributed by atoms with Crippen LogP contribution in [-0.2, 0) is 6.54 Å². The molecule has 146 valence electrons. The number of fused-ring (bicyclic) bond motifs is 1. The summed E-state index contributed by atoms with van der Waals surface area (Å²) in [4.78, 5) is 14.4. The van der Waals surface area contributed by atoms with Crippen LogP contribution in [0, 0.1) is 13.8 Å². The van der Waals surface area contributed by atoms with Crippen LogP contribution in [0.5, 0.6) is 5.75 Å². The highest BCUT2D eigenvalue weighted by atomic mass is 35.5. The highest BCUT2D eigenvalue weighted by molar-refractivity contribution is 6.30. The molecule has 0 bridgehead atoms. The normalized spacial score (nSPS) is 15.8. The van der Waals surface area contributed by atoms with Gasteiger partial charge in [0, 0.05) is 41.7 Å². The molecule has 4 nitrogen and oxygen atoms in total. The van der Waals surface area contributed by atoms with Gasteiger partial charge in [-0.25, -0.2) is 4.79 Å². The molecule has 1 aliphatic rings. The molecule has 2 heterocycles. The third-order valence-electron chi connectivity index (χ3n) is 5.56. The van der Waals surface area contributed by atoms with E-state index in [0.29, 0.717) is 11.1 Å². The molecule has 0 unspecified atom stereocenters. The smallest absolute Gasteiger partial charge is 0.339 e. The zero-order chi connectivity index (χ0) is 19.7. The molecule has 0 N–H and O–H groups in total. The molecule has 0 amide bonds. The highest BCUT2D eigenvalue weighted by Gasteiger charge is 2.21. The van der Waals surface area contributed by atoms with Crippen LogP contribution >= 0.6 is 11.6 Å². The van der Waals surface area contributed by atoms with Gasteiger partial charge in [-0.1, -0.05) is 23.7 Å². The molecule has 1 aromatic heterocycles. The van der Waals surface area contributed by atoms with Gasteiger partial charge in [0.1, 0.15) is 17.4 Å². The molecular formula is C23H24ClNO3. The van der Waals surface area contributed by atoms with Crippen LogP contribution < -0.4 is 10.4 Å². The SMILES string of the molecule is Cc1c(C)c2ccc(OC3CCN(Cc4cccc(Cl)c4)CC3)cc2oc1=O. The second kappa shape index (κ2) is 7.98. The van der Waals surface area contributed by atoms with E-state index in [4.69, 9.17) is 20.8 Å². The van der Waals surface area contributed by atoms with Gasteiger partial charge in [-0.2, -0.15) is 0 Å². The van der Waals surface area contributed by atoms with E-state index in [1.54, 1.807) is 6.92 Å². The summed E-state index contributed by atoms with van der Waals surface area (Å²) in [6, 6.07) is 13.8.